The van der Waals surface area contributed by atoms with Crippen LogP contribution in [0.5, 0.6) is 5.75 Å². The van der Waals surface area contributed by atoms with Gasteiger partial charge >= 0.3 is 12.6 Å². The van der Waals surface area contributed by atoms with Crippen molar-refractivity contribution in [1.29, 1.82) is 0 Å². The van der Waals surface area contributed by atoms with E-state index in [1.807, 2.05) is 0 Å². The predicted octanol–water partition coefficient (Wildman–Crippen LogP) is 2.54. The van der Waals surface area contributed by atoms with Gasteiger partial charge in [-0.05, 0) is 30.7 Å². The Morgan fingerprint density at radius 2 is 2.04 bits per heavy atom. The number of likely N-dealkylation sites (tertiary alicyclic amines) is 1. The van der Waals surface area contributed by atoms with Crippen LogP contribution < -0.4 is 4.74 Å². The summed E-state index contributed by atoms with van der Waals surface area (Å²) in [5.41, 5.74) is 0.337. The van der Waals surface area contributed by atoms with Crippen LogP contribution in [0, 0.1) is 11.8 Å². The topological polar surface area (TPSA) is 66.8 Å². The number of para-hydroxylation sites is 1. The van der Waals surface area contributed by atoms with Gasteiger partial charge in [-0.1, -0.05) is 24.6 Å². The van der Waals surface area contributed by atoms with Crippen molar-refractivity contribution >= 4 is 11.9 Å². The Morgan fingerprint density at radius 3 is 2.75 bits per heavy atom. The van der Waals surface area contributed by atoms with Crippen molar-refractivity contribution < 1.29 is 28.2 Å². The number of nitrogens with zero attached hydrogens (tertiary/aromatic N) is 1. The molecule has 7 heteroatoms. The van der Waals surface area contributed by atoms with Crippen molar-refractivity contribution in [2.24, 2.45) is 11.8 Å². The van der Waals surface area contributed by atoms with E-state index in [2.05, 4.69) is 4.74 Å². The Balaban J connectivity index is 1.76. The lowest BCUT2D eigenvalue weighted by Crippen LogP contribution is -2.44. The molecule has 1 aromatic rings. The van der Waals surface area contributed by atoms with Crippen molar-refractivity contribution in [3.05, 3.63) is 29.8 Å². The van der Waals surface area contributed by atoms with Crippen molar-refractivity contribution in [2.75, 3.05) is 6.54 Å². The molecule has 3 rings (SSSR count). The number of hydrogen-bond acceptors (Lipinski definition) is 3. The Morgan fingerprint density at radius 1 is 1.29 bits per heavy atom. The Kier molecular flexibility index (Phi) is 4.69. The van der Waals surface area contributed by atoms with Crippen molar-refractivity contribution in [3.63, 3.8) is 0 Å². The molecule has 0 radical (unpaired) electrons. The molecule has 0 aromatic heterocycles. The second kappa shape index (κ2) is 6.75. The molecule has 1 aliphatic carbocycles. The third kappa shape index (κ3) is 3.20. The normalized spacial score (nSPS) is 25.8. The van der Waals surface area contributed by atoms with Crippen LogP contribution in [0.15, 0.2) is 24.3 Å². The molecule has 130 valence electrons. The minimum atomic E-state index is -2.97. The first-order valence-corrected chi connectivity index (χ1v) is 8.02. The van der Waals surface area contributed by atoms with Gasteiger partial charge in [0.2, 0.25) is 5.91 Å². The van der Waals surface area contributed by atoms with Gasteiger partial charge in [0.25, 0.3) is 0 Å². The summed E-state index contributed by atoms with van der Waals surface area (Å²) in [6, 6.07) is 5.29. The molecule has 2 aliphatic rings. The molecule has 1 saturated carbocycles. The summed E-state index contributed by atoms with van der Waals surface area (Å²) in [5.74, 6) is -1.18. The van der Waals surface area contributed by atoms with E-state index in [1.165, 1.54) is 11.0 Å². The molecule has 1 aliphatic heterocycles. The van der Waals surface area contributed by atoms with E-state index in [-0.39, 0.29) is 29.9 Å². The molecule has 1 aromatic carbocycles. The van der Waals surface area contributed by atoms with Crippen LogP contribution in [0.3, 0.4) is 0 Å². The molecule has 1 N–H and O–H groups in total. The van der Waals surface area contributed by atoms with Gasteiger partial charge in [-0.25, -0.2) is 4.79 Å². The highest BCUT2D eigenvalue weighted by molar-refractivity contribution is 5.86. The minimum absolute atomic E-state index is 0.000919. The molecule has 3 unspecified atom stereocenters. The number of carbonyl (C=O) groups excluding carboxylic acids is 1. The summed E-state index contributed by atoms with van der Waals surface area (Å²) < 4.78 is 29.4. The second-order valence-corrected chi connectivity index (χ2v) is 6.35. The number of halogens is 2. The fourth-order valence-corrected chi connectivity index (χ4v) is 4.00. The fourth-order valence-electron chi connectivity index (χ4n) is 4.00. The highest BCUT2D eigenvalue weighted by atomic mass is 19.3. The molecule has 1 saturated heterocycles. The van der Waals surface area contributed by atoms with Crippen molar-refractivity contribution in [3.8, 4) is 5.75 Å². The summed E-state index contributed by atoms with van der Waals surface area (Å²) in [7, 11) is 0. The maximum atomic E-state index is 12.6. The first kappa shape index (κ1) is 16.7. The number of fused-ring (bicyclic) bond motifs is 1. The average Bonchev–Trinajstić information content (AvgIpc) is 3.08. The summed E-state index contributed by atoms with van der Waals surface area (Å²) in [5, 5.41) is 9.50. The van der Waals surface area contributed by atoms with E-state index in [0.717, 1.165) is 19.3 Å². The summed E-state index contributed by atoms with van der Waals surface area (Å²) in [6.45, 7) is -2.54. The van der Waals surface area contributed by atoms with Crippen LogP contribution in [0.1, 0.15) is 24.8 Å². The van der Waals surface area contributed by atoms with Gasteiger partial charge in [0.15, 0.2) is 0 Å². The molecule has 1 amide bonds. The average molecular weight is 339 g/mol. The molecule has 24 heavy (non-hydrogen) atoms. The summed E-state index contributed by atoms with van der Waals surface area (Å²) in [6.07, 6.45) is 2.60. The maximum absolute atomic E-state index is 12.6. The first-order chi connectivity index (χ1) is 11.5. The fraction of sp³-hybridized carbons (Fsp3) is 0.529. The number of carboxylic acid groups (broad SMARTS) is 1. The number of carbonyl (C=O) groups is 2. The van der Waals surface area contributed by atoms with Gasteiger partial charge in [0, 0.05) is 12.1 Å². The van der Waals surface area contributed by atoms with Gasteiger partial charge in [-0.3, -0.25) is 4.79 Å². The van der Waals surface area contributed by atoms with Crippen molar-refractivity contribution in [2.45, 2.75) is 38.3 Å². The largest absolute Gasteiger partial charge is 0.480 e. The second-order valence-electron chi connectivity index (χ2n) is 6.35. The standard InChI is InChI=1S/C17H19F2NO4/c18-17(19)24-13-7-2-1-4-10(13)8-14(21)20-9-11-5-3-6-12(11)15(20)16(22)23/h1-2,4,7,11-12,15,17H,3,5-6,8-9H2,(H,22,23). The Bertz CT molecular complexity index is 637. The lowest BCUT2D eigenvalue weighted by molar-refractivity contribution is -0.149. The molecule has 1 heterocycles. The van der Waals surface area contributed by atoms with Crippen LogP contribution in [0.25, 0.3) is 0 Å². The monoisotopic (exact) mass is 339 g/mol. The number of aliphatic carboxylic acids is 1. The van der Waals surface area contributed by atoms with Gasteiger partial charge in [-0.2, -0.15) is 8.78 Å². The van der Waals surface area contributed by atoms with E-state index in [9.17, 15) is 23.5 Å². The quantitative estimate of drug-likeness (QED) is 0.895. The minimum Gasteiger partial charge on any atom is -0.480 e. The van der Waals surface area contributed by atoms with E-state index in [4.69, 9.17) is 0 Å². The molecule has 3 atom stereocenters. The molecular weight excluding hydrogens is 320 g/mol. The van der Waals surface area contributed by atoms with Gasteiger partial charge in [0.1, 0.15) is 11.8 Å². The molecular formula is C17H19F2NO4. The lowest BCUT2D eigenvalue weighted by atomic mass is 9.94. The van der Waals surface area contributed by atoms with Gasteiger partial charge in [-0.15, -0.1) is 0 Å². The number of amides is 1. The third-order valence-electron chi connectivity index (χ3n) is 4.99. The summed E-state index contributed by atoms with van der Waals surface area (Å²) in [4.78, 5) is 25.6. The smallest absolute Gasteiger partial charge is 0.387 e. The number of hydrogen-bond donors (Lipinski definition) is 1. The summed E-state index contributed by atoms with van der Waals surface area (Å²) >= 11 is 0. The van der Waals surface area contributed by atoms with Crippen LogP contribution in [-0.4, -0.2) is 41.1 Å². The van der Waals surface area contributed by atoms with Gasteiger partial charge in [0.05, 0.1) is 6.42 Å². The van der Waals surface area contributed by atoms with Crippen LogP contribution >= 0.6 is 0 Å². The number of benzene rings is 1. The van der Waals surface area contributed by atoms with Crippen LogP contribution in [-0.2, 0) is 16.0 Å². The third-order valence-corrected chi connectivity index (χ3v) is 4.99. The molecule has 0 spiro atoms. The van der Waals surface area contributed by atoms with E-state index in [0.29, 0.717) is 12.1 Å². The number of rotatable bonds is 5. The predicted molar refractivity (Wildman–Crippen MR) is 80.7 cm³/mol. The first-order valence-electron chi connectivity index (χ1n) is 8.02. The highest BCUT2D eigenvalue weighted by Crippen LogP contribution is 2.42. The zero-order chi connectivity index (χ0) is 17.3. The highest BCUT2D eigenvalue weighted by Gasteiger charge is 2.49. The maximum Gasteiger partial charge on any atom is 0.387 e. The van der Waals surface area contributed by atoms with Crippen LogP contribution in [0.2, 0.25) is 0 Å². The number of ether oxygens (including phenoxy) is 1. The Hall–Kier alpha value is -2.18. The zero-order valence-electron chi connectivity index (χ0n) is 13.0. The molecule has 5 nitrogen and oxygen atoms in total. The molecule has 0 bridgehead atoms. The van der Waals surface area contributed by atoms with Gasteiger partial charge < -0.3 is 14.7 Å². The SMILES string of the molecule is O=C(O)C1C2CCCC2CN1C(=O)Cc1ccccc1OC(F)F. The van der Waals surface area contributed by atoms with Crippen molar-refractivity contribution in [1.82, 2.24) is 4.90 Å². The zero-order valence-corrected chi connectivity index (χ0v) is 13.0. The van der Waals surface area contributed by atoms with E-state index >= 15 is 0 Å². The number of carboxylic acids is 1. The van der Waals surface area contributed by atoms with E-state index in [1.54, 1.807) is 18.2 Å². The Labute approximate surface area is 138 Å². The molecule has 2 fully saturated rings. The number of alkyl halides is 2. The van der Waals surface area contributed by atoms with Crippen LogP contribution in [0.4, 0.5) is 8.78 Å². The van der Waals surface area contributed by atoms with E-state index < -0.39 is 18.6 Å². The lowest BCUT2D eigenvalue weighted by Gasteiger charge is -2.24.